The molecule has 0 aliphatic rings. The highest BCUT2D eigenvalue weighted by Gasteiger charge is 2.08. The van der Waals surface area contributed by atoms with Crippen molar-refractivity contribution in [2.75, 3.05) is 0 Å². The summed E-state index contributed by atoms with van der Waals surface area (Å²) in [6.45, 7) is 0. The first-order valence-electron chi connectivity index (χ1n) is 1.47. The van der Waals surface area contributed by atoms with Crippen LogP contribution in [-0.4, -0.2) is 20.6 Å². The third-order valence-electron chi connectivity index (χ3n) is 0.405. The van der Waals surface area contributed by atoms with Gasteiger partial charge in [-0.15, -0.1) is 0 Å². The zero-order valence-electron chi connectivity index (χ0n) is 3.16. The molecular weight excluding hydrogens is 116 g/mol. The second-order valence-electron chi connectivity index (χ2n) is 0.790. The Morgan fingerprint density at radius 3 is 2.86 bits per heavy atom. The van der Waals surface area contributed by atoms with E-state index in [4.69, 9.17) is 0 Å². The molecule has 0 saturated carbocycles. The van der Waals surface area contributed by atoms with Crippen LogP contribution in [0, 0.1) is 0 Å². The Morgan fingerprint density at radius 2 is 2.57 bits per heavy atom. The maximum Gasteiger partial charge on any atom is 0.551 e. The van der Waals surface area contributed by atoms with Gasteiger partial charge in [0.25, 0.3) is 0 Å². The summed E-state index contributed by atoms with van der Waals surface area (Å²) in [6.07, 6.45) is 0. The molecule has 0 aliphatic carbocycles. The van der Waals surface area contributed by atoms with Gasteiger partial charge in [-0.1, -0.05) is 0 Å². The number of rotatable bonds is 1. The molecule has 0 unspecified atom stereocenters. The predicted molar refractivity (Wildman–Crippen MR) is 20.5 cm³/mol. The molecular formula is CHN4OS+. The van der Waals surface area contributed by atoms with Crippen LogP contribution in [0.25, 0.3) is 0 Å². The Labute approximate surface area is 42.6 Å². The third kappa shape index (κ3) is 0.743. The van der Waals surface area contributed by atoms with Crippen molar-refractivity contribution in [2.45, 2.75) is 5.16 Å². The van der Waals surface area contributed by atoms with E-state index in [1.807, 2.05) is 0 Å². The number of hydrogen-bond donors (Lipinski definition) is 1. The summed E-state index contributed by atoms with van der Waals surface area (Å²) in [7, 11) is 0. The largest absolute Gasteiger partial charge is 0.551 e. The lowest BCUT2D eigenvalue weighted by molar-refractivity contribution is 0.601. The minimum absolute atomic E-state index is 0.194. The van der Waals surface area contributed by atoms with Crippen molar-refractivity contribution in [3.8, 4) is 0 Å². The van der Waals surface area contributed by atoms with Gasteiger partial charge in [0.1, 0.15) is 0 Å². The van der Waals surface area contributed by atoms with Crippen molar-refractivity contribution in [1.82, 2.24) is 20.6 Å². The number of H-pyrrole nitrogens is 1. The Morgan fingerprint density at radius 1 is 1.71 bits per heavy atom. The lowest BCUT2D eigenvalue weighted by Gasteiger charge is -1.44. The molecule has 1 N–H and O–H groups in total. The Balaban J connectivity index is 2.96. The first kappa shape index (κ1) is 4.25. The van der Waals surface area contributed by atoms with Crippen LogP contribution in [0.15, 0.2) is 5.16 Å². The zero-order valence-corrected chi connectivity index (χ0v) is 3.97. The maximum atomic E-state index is 9.74. The normalized spacial score (nSPS) is 8.57. The van der Waals surface area contributed by atoms with E-state index in [1.54, 1.807) is 0 Å². The van der Waals surface area contributed by atoms with Gasteiger partial charge in [-0.25, -0.2) is 0 Å². The van der Waals surface area contributed by atoms with Gasteiger partial charge in [0.2, 0.25) is 0 Å². The van der Waals surface area contributed by atoms with Gasteiger partial charge in [0.15, 0.2) is 0 Å². The fourth-order valence-corrected chi connectivity index (χ4v) is 0.334. The monoisotopic (exact) mass is 117 g/mol. The highest BCUT2D eigenvalue weighted by Crippen LogP contribution is 1.74. The van der Waals surface area contributed by atoms with Crippen LogP contribution < -0.4 is 0 Å². The summed E-state index contributed by atoms with van der Waals surface area (Å²) in [4.78, 5) is 0. The summed E-state index contributed by atoms with van der Waals surface area (Å²) in [5.41, 5.74) is 0. The quantitative estimate of drug-likeness (QED) is 0.478. The highest BCUT2D eigenvalue weighted by atomic mass is 32.1. The van der Waals surface area contributed by atoms with Crippen molar-refractivity contribution in [1.29, 1.82) is 0 Å². The van der Waals surface area contributed by atoms with E-state index >= 15 is 0 Å². The van der Waals surface area contributed by atoms with Crippen LogP contribution in [0.1, 0.15) is 0 Å². The average Bonchev–Trinajstić information content (AvgIpc) is 2.14. The number of nitrogens with zero attached hydrogens (tertiary/aromatic N) is 3. The SMILES string of the molecule is O=[S+]c1nnn[nH]1. The molecule has 0 fully saturated rings. The molecule has 36 valence electrons. The minimum Gasteiger partial charge on any atom is -0.185 e. The smallest absolute Gasteiger partial charge is 0.185 e. The summed E-state index contributed by atoms with van der Waals surface area (Å²) in [6, 6.07) is 0. The van der Waals surface area contributed by atoms with E-state index in [2.05, 4.69) is 20.6 Å². The lowest BCUT2D eigenvalue weighted by atomic mass is 11.4. The standard InChI is InChI=1S/CHN4OS/c6-7-1-2-4-5-3-1/h(H,2,3,4,5)/q+1. The molecule has 0 atom stereocenters. The Kier molecular flexibility index (Phi) is 1.03. The van der Waals surface area contributed by atoms with Crippen molar-refractivity contribution in [3.63, 3.8) is 0 Å². The van der Waals surface area contributed by atoms with Crippen molar-refractivity contribution in [2.24, 2.45) is 0 Å². The summed E-state index contributed by atoms with van der Waals surface area (Å²) in [5.74, 6) is 0. The van der Waals surface area contributed by atoms with Crippen LogP contribution in [0.2, 0.25) is 0 Å². The number of nitrogens with one attached hydrogen (secondary N) is 1. The van der Waals surface area contributed by atoms with Gasteiger partial charge in [-0.2, -0.15) is 5.10 Å². The van der Waals surface area contributed by atoms with Gasteiger partial charge >= 0.3 is 16.8 Å². The molecule has 7 heavy (non-hydrogen) atoms. The molecule has 0 radical (unpaired) electrons. The van der Waals surface area contributed by atoms with E-state index in [0.717, 1.165) is 0 Å². The van der Waals surface area contributed by atoms with Crippen LogP contribution >= 0.6 is 0 Å². The number of tetrazole rings is 1. The molecule has 0 bridgehead atoms. The molecule has 1 heterocycles. The Hall–Kier alpha value is -0.910. The zero-order chi connectivity index (χ0) is 5.11. The second kappa shape index (κ2) is 1.69. The van der Waals surface area contributed by atoms with E-state index < -0.39 is 0 Å². The Bertz CT molecular complexity index is 147. The average molecular weight is 117 g/mol. The van der Waals surface area contributed by atoms with E-state index in [0.29, 0.717) is 0 Å². The van der Waals surface area contributed by atoms with Gasteiger partial charge in [0.05, 0.1) is 0 Å². The van der Waals surface area contributed by atoms with Crippen LogP contribution in [0.4, 0.5) is 0 Å². The van der Waals surface area contributed by atoms with Crippen molar-refractivity contribution < 1.29 is 4.21 Å². The summed E-state index contributed by atoms with van der Waals surface area (Å²) in [5, 5.41) is 12.0. The molecule has 1 aromatic rings. The molecule has 6 heteroatoms. The van der Waals surface area contributed by atoms with Gasteiger partial charge < -0.3 is 0 Å². The van der Waals surface area contributed by atoms with Crippen LogP contribution in [0.3, 0.4) is 0 Å². The first-order valence-corrected chi connectivity index (χ1v) is 2.21. The number of aromatic nitrogens is 4. The fourth-order valence-electron chi connectivity index (χ4n) is 0.186. The van der Waals surface area contributed by atoms with E-state index in [-0.39, 0.29) is 16.8 Å². The van der Waals surface area contributed by atoms with E-state index in [1.165, 1.54) is 0 Å². The molecule has 0 aliphatic heterocycles. The van der Waals surface area contributed by atoms with Crippen LogP contribution in [-0.2, 0) is 15.9 Å². The number of hydrogen-bond acceptors (Lipinski definition) is 4. The molecule has 5 nitrogen and oxygen atoms in total. The highest BCUT2D eigenvalue weighted by molar-refractivity contribution is 7.65. The van der Waals surface area contributed by atoms with E-state index in [9.17, 15) is 4.21 Å². The lowest BCUT2D eigenvalue weighted by Crippen LogP contribution is -1.73. The summed E-state index contributed by atoms with van der Waals surface area (Å²) < 4.78 is 9.74. The molecule has 0 amide bonds. The molecule has 0 saturated heterocycles. The molecule has 1 rings (SSSR count). The van der Waals surface area contributed by atoms with Crippen LogP contribution in [0.5, 0.6) is 0 Å². The number of aromatic amines is 1. The molecule has 0 spiro atoms. The summed E-state index contributed by atoms with van der Waals surface area (Å²) >= 11 is 0.234. The molecule has 1 aromatic heterocycles. The molecule has 0 aromatic carbocycles. The predicted octanol–water partition coefficient (Wildman–Crippen LogP) is -1.01. The third-order valence-corrected chi connectivity index (χ3v) is 0.736. The maximum absolute atomic E-state index is 9.74. The minimum atomic E-state index is 0.194. The second-order valence-corrected chi connectivity index (χ2v) is 1.34. The van der Waals surface area contributed by atoms with Gasteiger partial charge in [-0.05, 0) is 15.5 Å². The van der Waals surface area contributed by atoms with Crippen molar-refractivity contribution >= 4 is 11.7 Å². The first-order chi connectivity index (χ1) is 3.43. The van der Waals surface area contributed by atoms with Gasteiger partial charge in [-0.3, -0.25) is 0 Å². The van der Waals surface area contributed by atoms with Crippen molar-refractivity contribution in [3.05, 3.63) is 0 Å². The fraction of sp³-hybridized carbons (Fsp3) is 0. The van der Waals surface area contributed by atoms with Gasteiger partial charge in [0, 0.05) is 4.21 Å². The topological polar surface area (TPSA) is 71.5 Å².